The average Bonchev–Trinajstić information content (AvgIpc) is 3.51. The molecule has 43 heavy (non-hydrogen) atoms. The van der Waals surface area contributed by atoms with Crippen LogP contribution in [0.4, 0.5) is 5.69 Å². The average molecular weight is 587 g/mol. The van der Waals surface area contributed by atoms with E-state index in [1.165, 1.54) is 31.4 Å². The minimum atomic E-state index is -1.13. The number of aromatic nitrogens is 2. The van der Waals surface area contributed by atoms with E-state index in [4.69, 9.17) is 14.2 Å². The van der Waals surface area contributed by atoms with Crippen molar-refractivity contribution in [1.29, 1.82) is 0 Å². The van der Waals surface area contributed by atoms with Crippen LogP contribution in [-0.2, 0) is 35.1 Å². The Labute approximate surface area is 247 Å². The monoisotopic (exact) mass is 586 g/mol. The standard InChI is InChI=1S/C31H30N4O8/c1-20-27(30(37)41-3)29(24-6-4-5-7-25(24)35(39)40)28(21(2)33-20)31(38)43-17-16-42-26(36)13-12-22-8-10-23(11-9-22)18-34-15-14-32-19-34/h4-15,19,29,33H,16-18H2,1-3H3. The summed E-state index contributed by atoms with van der Waals surface area (Å²) in [5.41, 5.74) is 2.53. The molecule has 12 heteroatoms. The highest BCUT2D eigenvalue weighted by atomic mass is 16.6. The molecule has 1 unspecified atom stereocenters. The van der Waals surface area contributed by atoms with Crippen LogP contribution in [0.3, 0.4) is 0 Å². The fraction of sp³-hybridized carbons (Fsp3) is 0.226. The zero-order valence-electron chi connectivity index (χ0n) is 23.8. The molecule has 3 aromatic rings. The van der Waals surface area contributed by atoms with E-state index in [9.17, 15) is 24.5 Å². The number of carbonyl (C=O) groups is 3. The molecule has 2 aromatic carbocycles. The van der Waals surface area contributed by atoms with Crippen molar-refractivity contribution >= 4 is 29.7 Å². The van der Waals surface area contributed by atoms with Gasteiger partial charge in [0.05, 0.1) is 35.4 Å². The lowest BCUT2D eigenvalue weighted by Gasteiger charge is -2.30. The molecule has 2 heterocycles. The Hall–Kier alpha value is -5.52. The summed E-state index contributed by atoms with van der Waals surface area (Å²) in [6.07, 6.45) is 8.19. The number of dihydropyridines is 1. The van der Waals surface area contributed by atoms with E-state index < -0.39 is 28.7 Å². The maximum absolute atomic E-state index is 13.3. The summed E-state index contributed by atoms with van der Waals surface area (Å²) in [6.45, 7) is 3.39. The van der Waals surface area contributed by atoms with Gasteiger partial charge in [-0.1, -0.05) is 42.5 Å². The highest BCUT2D eigenvalue weighted by Gasteiger charge is 2.40. The predicted octanol–water partition coefficient (Wildman–Crippen LogP) is 4.05. The molecule has 0 saturated heterocycles. The number of nitrogens with one attached hydrogen (secondary N) is 1. The van der Waals surface area contributed by atoms with Gasteiger partial charge in [0.25, 0.3) is 5.69 Å². The fourth-order valence-corrected chi connectivity index (χ4v) is 4.75. The lowest BCUT2D eigenvalue weighted by atomic mass is 9.79. The number of hydrogen-bond donors (Lipinski definition) is 1. The Bertz CT molecular complexity index is 1600. The number of hydrogen-bond acceptors (Lipinski definition) is 10. The van der Waals surface area contributed by atoms with Crippen molar-refractivity contribution in [2.24, 2.45) is 0 Å². The molecule has 0 fully saturated rings. The first-order chi connectivity index (χ1) is 20.7. The van der Waals surface area contributed by atoms with Gasteiger partial charge in [-0.3, -0.25) is 10.1 Å². The van der Waals surface area contributed by atoms with E-state index in [0.717, 1.165) is 11.1 Å². The number of benzene rings is 2. The summed E-state index contributed by atoms with van der Waals surface area (Å²) in [4.78, 5) is 53.5. The van der Waals surface area contributed by atoms with Gasteiger partial charge < -0.3 is 24.1 Å². The molecule has 1 N–H and O–H groups in total. The number of rotatable bonds is 11. The number of nitrogens with zero attached hydrogens (tertiary/aromatic N) is 3. The third kappa shape index (κ3) is 7.41. The van der Waals surface area contributed by atoms with Crippen molar-refractivity contribution in [3.63, 3.8) is 0 Å². The molecule has 12 nitrogen and oxygen atoms in total. The smallest absolute Gasteiger partial charge is 0.336 e. The number of nitro groups is 1. The molecule has 1 aromatic heterocycles. The maximum atomic E-state index is 13.3. The Morgan fingerprint density at radius 1 is 1.00 bits per heavy atom. The number of imidazole rings is 1. The van der Waals surface area contributed by atoms with E-state index in [1.54, 1.807) is 38.5 Å². The molecule has 4 rings (SSSR count). The highest BCUT2D eigenvalue weighted by Crippen LogP contribution is 2.42. The number of carbonyl (C=O) groups excluding carboxylic acids is 3. The zero-order valence-corrected chi connectivity index (χ0v) is 23.8. The minimum Gasteiger partial charge on any atom is -0.466 e. The molecular weight excluding hydrogens is 556 g/mol. The maximum Gasteiger partial charge on any atom is 0.336 e. The van der Waals surface area contributed by atoms with Crippen LogP contribution in [0.25, 0.3) is 6.08 Å². The van der Waals surface area contributed by atoms with Gasteiger partial charge in [0.2, 0.25) is 0 Å². The highest BCUT2D eigenvalue weighted by molar-refractivity contribution is 6.00. The van der Waals surface area contributed by atoms with Gasteiger partial charge in [0.1, 0.15) is 13.2 Å². The molecule has 222 valence electrons. The van der Waals surface area contributed by atoms with Crippen LogP contribution >= 0.6 is 0 Å². The van der Waals surface area contributed by atoms with E-state index in [0.29, 0.717) is 17.9 Å². The van der Waals surface area contributed by atoms with Gasteiger partial charge >= 0.3 is 17.9 Å². The summed E-state index contributed by atoms with van der Waals surface area (Å²) < 4.78 is 17.4. The summed E-state index contributed by atoms with van der Waals surface area (Å²) >= 11 is 0. The van der Waals surface area contributed by atoms with Crippen molar-refractivity contribution in [2.75, 3.05) is 20.3 Å². The molecule has 0 spiro atoms. The van der Waals surface area contributed by atoms with Crippen molar-refractivity contribution in [3.05, 3.63) is 123 Å². The number of methoxy groups -OCH3 is 1. The topological polar surface area (TPSA) is 152 Å². The number of para-hydroxylation sites is 1. The number of esters is 3. The Kier molecular flexibility index (Phi) is 9.84. The second-order valence-electron chi connectivity index (χ2n) is 9.56. The Morgan fingerprint density at radius 3 is 2.33 bits per heavy atom. The van der Waals surface area contributed by atoms with Gasteiger partial charge in [0, 0.05) is 48.0 Å². The van der Waals surface area contributed by atoms with Crippen molar-refractivity contribution in [3.8, 4) is 0 Å². The molecule has 1 aliphatic heterocycles. The number of ether oxygens (including phenoxy) is 3. The number of allylic oxidation sites excluding steroid dienone is 2. The lowest BCUT2D eigenvalue weighted by Crippen LogP contribution is -2.33. The fourth-order valence-electron chi connectivity index (χ4n) is 4.75. The van der Waals surface area contributed by atoms with Crippen LogP contribution < -0.4 is 5.32 Å². The van der Waals surface area contributed by atoms with Crippen molar-refractivity contribution < 1.29 is 33.5 Å². The van der Waals surface area contributed by atoms with Crippen LogP contribution in [0, 0.1) is 10.1 Å². The molecule has 0 saturated carbocycles. The minimum absolute atomic E-state index is 0.00278. The summed E-state index contributed by atoms with van der Waals surface area (Å²) in [5.74, 6) is -3.33. The quantitative estimate of drug-likeness (QED) is 0.0870. The van der Waals surface area contributed by atoms with Crippen LogP contribution in [0.15, 0.2) is 95.9 Å². The van der Waals surface area contributed by atoms with Gasteiger partial charge in [-0.25, -0.2) is 19.4 Å². The third-order valence-corrected chi connectivity index (χ3v) is 6.71. The molecule has 0 amide bonds. The molecule has 0 radical (unpaired) electrons. The van der Waals surface area contributed by atoms with Crippen LogP contribution in [0.5, 0.6) is 0 Å². The first-order valence-electron chi connectivity index (χ1n) is 13.3. The third-order valence-electron chi connectivity index (χ3n) is 6.71. The molecule has 1 aliphatic rings. The molecule has 0 aliphatic carbocycles. The predicted molar refractivity (Wildman–Crippen MR) is 155 cm³/mol. The Balaban J connectivity index is 1.39. The largest absolute Gasteiger partial charge is 0.466 e. The van der Waals surface area contributed by atoms with Gasteiger partial charge in [0.15, 0.2) is 0 Å². The van der Waals surface area contributed by atoms with E-state index in [1.807, 2.05) is 35.0 Å². The normalized spacial score (nSPS) is 14.8. The van der Waals surface area contributed by atoms with Gasteiger partial charge in [-0.05, 0) is 31.1 Å². The van der Waals surface area contributed by atoms with E-state index in [-0.39, 0.29) is 35.6 Å². The van der Waals surface area contributed by atoms with Crippen molar-refractivity contribution in [2.45, 2.75) is 26.3 Å². The van der Waals surface area contributed by atoms with Crippen LogP contribution in [0.1, 0.15) is 36.5 Å². The summed E-state index contributed by atoms with van der Waals surface area (Å²) in [7, 11) is 1.18. The lowest BCUT2D eigenvalue weighted by molar-refractivity contribution is -0.385. The summed E-state index contributed by atoms with van der Waals surface area (Å²) in [5, 5.41) is 14.8. The first kappa shape index (κ1) is 30.4. The van der Waals surface area contributed by atoms with Crippen LogP contribution in [0.2, 0.25) is 0 Å². The van der Waals surface area contributed by atoms with Gasteiger partial charge in [-0.15, -0.1) is 0 Å². The van der Waals surface area contributed by atoms with Crippen molar-refractivity contribution in [1.82, 2.24) is 14.9 Å². The van der Waals surface area contributed by atoms with Gasteiger partial charge in [-0.2, -0.15) is 0 Å². The second kappa shape index (κ2) is 13.9. The molecular formula is C31H30N4O8. The Morgan fingerprint density at radius 2 is 1.67 bits per heavy atom. The SMILES string of the molecule is COC(=O)C1=C(C)NC(C)=C(C(=O)OCCOC(=O)C=Cc2ccc(Cn3ccnc3)cc2)C1c1ccccc1[N+](=O)[O-]. The second-order valence-corrected chi connectivity index (χ2v) is 9.56. The van der Waals surface area contributed by atoms with E-state index in [2.05, 4.69) is 10.3 Å². The first-order valence-corrected chi connectivity index (χ1v) is 13.3. The van der Waals surface area contributed by atoms with Crippen LogP contribution in [-0.4, -0.2) is 52.7 Å². The molecule has 0 bridgehead atoms. The van der Waals surface area contributed by atoms with E-state index >= 15 is 0 Å². The zero-order chi connectivity index (χ0) is 30.9. The summed E-state index contributed by atoms with van der Waals surface area (Å²) in [6, 6.07) is 13.5. The number of nitro benzene ring substituents is 1. The molecule has 1 atom stereocenters.